The number of nitrogens with one attached hydrogen (secondary N) is 1. The van der Waals surface area contributed by atoms with Gasteiger partial charge in [0.1, 0.15) is 0 Å². The molecule has 33 heavy (non-hydrogen) atoms. The number of nitrogens with zero attached hydrogens (tertiary/aromatic N) is 5. The second kappa shape index (κ2) is 9.75. The van der Waals surface area contributed by atoms with Gasteiger partial charge in [0, 0.05) is 23.7 Å². The van der Waals surface area contributed by atoms with Crippen LogP contribution >= 0.6 is 0 Å². The number of rotatable bonds is 8. The number of H-pyrrole nitrogens is 1. The molecule has 2 heterocycles. The van der Waals surface area contributed by atoms with E-state index in [0.29, 0.717) is 18.6 Å². The van der Waals surface area contributed by atoms with Gasteiger partial charge in [-0.05, 0) is 72.5 Å². The van der Waals surface area contributed by atoms with Crippen molar-refractivity contribution in [1.82, 2.24) is 30.1 Å². The monoisotopic (exact) mass is 448 g/mol. The molecular formula is C26H36N6O. The lowest BCUT2D eigenvalue weighted by atomic mass is 10.0. The van der Waals surface area contributed by atoms with E-state index in [1.807, 2.05) is 6.07 Å². The quantitative estimate of drug-likeness (QED) is 0.511. The molecule has 7 nitrogen and oxygen atoms in total. The van der Waals surface area contributed by atoms with Crippen molar-refractivity contribution in [2.24, 2.45) is 0 Å². The Morgan fingerprint density at radius 3 is 2.64 bits per heavy atom. The summed E-state index contributed by atoms with van der Waals surface area (Å²) in [6.45, 7) is 4.91. The zero-order valence-corrected chi connectivity index (χ0v) is 20.0. The normalized spacial score (nSPS) is 18.6. The number of aryl methyl sites for hydroxylation is 1. The van der Waals surface area contributed by atoms with Crippen molar-refractivity contribution in [2.45, 2.75) is 103 Å². The van der Waals surface area contributed by atoms with Crippen molar-refractivity contribution in [3.05, 3.63) is 51.6 Å². The summed E-state index contributed by atoms with van der Waals surface area (Å²) in [6, 6.07) is 9.34. The summed E-state index contributed by atoms with van der Waals surface area (Å²) in [5.74, 6) is 0.989. The van der Waals surface area contributed by atoms with Crippen LogP contribution in [0.2, 0.25) is 0 Å². The van der Waals surface area contributed by atoms with Crippen LogP contribution in [0.25, 0.3) is 10.9 Å². The molecule has 176 valence electrons. The molecule has 1 aromatic carbocycles. The molecule has 0 spiro atoms. The fourth-order valence-electron chi connectivity index (χ4n) is 5.95. The van der Waals surface area contributed by atoms with Crippen molar-refractivity contribution < 1.29 is 0 Å². The maximum absolute atomic E-state index is 13.1. The van der Waals surface area contributed by atoms with Crippen LogP contribution in [0.5, 0.6) is 0 Å². The zero-order chi connectivity index (χ0) is 22.8. The summed E-state index contributed by atoms with van der Waals surface area (Å²) in [5.41, 5.74) is 2.91. The van der Waals surface area contributed by atoms with E-state index in [2.05, 4.69) is 62.1 Å². The maximum Gasteiger partial charge on any atom is 0.252 e. The molecule has 0 bridgehead atoms. The Bertz CT molecular complexity index is 1140. The predicted octanol–water partition coefficient (Wildman–Crippen LogP) is 5.22. The van der Waals surface area contributed by atoms with E-state index >= 15 is 0 Å². The average molecular weight is 449 g/mol. The Balaban J connectivity index is 1.52. The first-order chi connectivity index (χ1) is 16.1. The third-order valence-electron chi connectivity index (χ3n) is 7.67. The second-order valence-corrected chi connectivity index (χ2v) is 10.0. The smallest absolute Gasteiger partial charge is 0.252 e. The van der Waals surface area contributed by atoms with Crippen LogP contribution in [0.4, 0.5) is 0 Å². The Hall–Kier alpha value is -2.54. The number of hydrogen-bond donors (Lipinski definition) is 1. The molecule has 2 fully saturated rings. The minimum atomic E-state index is 0.0155. The lowest BCUT2D eigenvalue weighted by molar-refractivity contribution is 0.106. The van der Waals surface area contributed by atoms with Gasteiger partial charge in [-0.15, -0.1) is 5.10 Å². The Morgan fingerprint density at radius 2 is 1.88 bits per heavy atom. The van der Waals surface area contributed by atoms with Gasteiger partial charge in [-0.25, -0.2) is 4.68 Å². The SMILES string of the molecule is CCC[C@@H](c1nnnn1C1CCCC1)N(Cc1cc2ccc(C)cc2[nH]c1=O)C1CCCC1. The van der Waals surface area contributed by atoms with Gasteiger partial charge in [0.15, 0.2) is 5.82 Å². The molecule has 5 rings (SSSR count). The lowest BCUT2D eigenvalue weighted by Gasteiger charge is -2.36. The molecule has 1 N–H and O–H groups in total. The minimum Gasteiger partial charge on any atom is -0.322 e. The molecule has 2 aromatic heterocycles. The van der Waals surface area contributed by atoms with Gasteiger partial charge in [-0.3, -0.25) is 9.69 Å². The average Bonchev–Trinajstić information content (AvgIpc) is 3.58. The maximum atomic E-state index is 13.1. The molecule has 0 aliphatic heterocycles. The fraction of sp³-hybridized carbons (Fsp3) is 0.615. The minimum absolute atomic E-state index is 0.0155. The van der Waals surface area contributed by atoms with Crippen LogP contribution in [0.15, 0.2) is 29.1 Å². The van der Waals surface area contributed by atoms with E-state index in [1.165, 1.54) is 38.5 Å². The molecule has 2 saturated carbocycles. The second-order valence-electron chi connectivity index (χ2n) is 10.0. The van der Waals surface area contributed by atoms with Gasteiger partial charge < -0.3 is 4.98 Å². The number of benzene rings is 1. The molecule has 0 radical (unpaired) electrons. The van der Waals surface area contributed by atoms with Crippen LogP contribution in [-0.2, 0) is 6.54 Å². The van der Waals surface area contributed by atoms with Gasteiger partial charge in [0.25, 0.3) is 5.56 Å². The highest BCUT2D eigenvalue weighted by atomic mass is 16.1. The van der Waals surface area contributed by atoms with Gasteiger partial charge in [0.2, 0.25) is 0 Å². The fourth-order valence-corrected chi connectivity index (χ4v) is 5.95. The third kappa shape index (κ3) is 4.60. The molecule has 0 saturated heterocycles. The summed E-state index contributed by atoms with van der Waals surface area (Å²) in [7, 11) is 0. The molecule has 2 aliphatic carbocycles. The van der Waals surface area contributed by atoms with E-state index in [9.17, 15) is 4.79 Å². The Kier molecular flexibility index (Phi) is 6.58. The number of hydrogen-bond acceptors (Lipinski definition) is 5. The lowest BCUT2D eigenvalue weighted by Crippen LogP contribution is -2.39. The summed E-state index contributed by atoms with van der Waals surface area (Å²) < 4.78 is 2.11. The number of aromatic nitrogens is 5. The topological polar surface area (TPSA) is 79.7 Å². The van der Waals surface area contributed by atoms with E-state index in [4.69, 9.17) is 0 Å². The van der Waals surface area contributed by atoms with Gasteiger partial charge in [-0.2, -0.15) is 0 Å². The summed E-state index contributed by atoms with van der Waals surface area (Å²) in [4.78, 5) is 18.8. The van der Waals surface area contributed by atoms with Gasteiger partial charge in [0.05, 0.1) is 12.1 Å². The predicted molar refractivity (Wildman–Crippen MR) is 130 cm³/mol. The summed E-state index contributed by atoms with van der Waals surface area (Å²) in [6.07, 6.45) is 11.7. The van der Waals surface area contributed by atoms with Crippen LogP contribution in [0.3, 0.4) is 0 Å². The number of pyridine rings is 1. The van der Waals surface area contributed by atoms with E-state index < -0.39 is 0 Å². The van der Waals surface area contributed by atoms with Gasteiger partial charge >= 0.3 is 0 Å². The highest BCUT2D eigenvalue weighted by molar-refractivity contribution is 5.79. The first-order valence-corrected chi connectivity index (χ1v) is 12.8. The van der Waals surface area contributed by atoms with E-state index in [-0.39, 0.29) is 11.6 Å². The number of tetrazole rings is 1. The van der Waals surface area contributed by atoms with Gasteiger partial charge in [-0.1, -0.05) is 51.2 Å². The number of fused-ring (bicyclic) bond motifs is 1. The van der Waals surface area contributed by atoms with Crippen molar-refractivity contribution in [1.29, 1.82) is 0 Å². The Labute approximate surface area is 195 Å². The third-order valence-corrected chi connectivity index (χ3v) is 7.67. The number of aromatic amines is 1. The molecule has 0 unspecified atom stereocenters. The largest absolute Gasteiger partial charge is 0.322 e. The summed E-state index contributed by atoms with van der Waals surface area (Å²) >= 11 is 0. The Morgan fingerprint density at radius 1 is 1.12 bits per heavy atom. The first-order valence-electron chi connectivity index (χ1n) is 12.8. The first kappa shape index (κ1) is 22.3. The molecule has 7 heteroatoms. The molecule has 3 aromatic rings. The molecular weight excluding hydrogens is 412 g/mol. The van der Waals surface area contributed by atoms with Crippen molar-refractivity contribution in [2.75, 3.05) is 0 Å². The molecule has 1 atom stereocenters. The molecule has 2 aliphatic rings. The molecule has 0 amide bonds. The zero-order valence-electron chi connectivity index (χ0n) is 20.0. The van der Waals surface area contributed by atoms with Crippen LogP contribution < -0.4 is 5.56 Å². The highest BCUT2D eigenvalue weighted by Crippen LogP contribution is 2.37. The standard InChI is InChI=1S/C26H36N6O/c1-3-8-24(25-28-29-30-32(25)22-11-6-7-12-22)31(21-9-4-5-10-21)17-20-16-19-14-13-18(2)15-23(19)27-26(20)33/h13-16,21-22,24H,3-12,17H2,1-2H3,(H,27,33)/t24-/m0/s1. The van der Waals surface area contributed by atoms with E-state index in [0.717, 1.165) is 53.5 Å². The highest BCUT2D eigenvalue weighted by Gasteiger charge is 2.34. The van der Waals surface area contributed by atoms with E-state index in [1.54, 1.807) is 0 Å². The van der Waals surface area contributed by atoms with Crippen molar-refractivity contribution in [3.8, 4) is 0 Å². The van der Waals surface area contributed by atoms with Crippen LogP contribution in [0, 0.1) is 6.92 Å². The van der Waals surface area contributed by atoms with Crippen LogP contribution in [0.1, 0.15) is 100 Å². The summed E-state index contributed by atoms with van der Waals surface area (Å²) in [5, 5.41) is 14.2. The van der Waals surface area contributed by atoms with Crippen LogP contribution in [-0.4, -0.2) is 36.1 Å². The van der Waals surface area contributed by atoms with Crippen molar-refractivity contribution >= 4 is 10.9 Å². The van der Waals surface area contributed by atoms with Crippen molar-refractivity contribution in [3.63, 3.8) is 0 Å².